The Bertz CT molecular complexity index is 592. The fourth-order valence-corrected chi connectivity index (χ4v) is 2.53. The van der Waals surface area contributed by atoms with E-state index in [1.807, 2.05) is 0 Å². The van der Waals surface area contributed by atoms with Crippen molar-refractivity contribution in [1.82, 2.24) is 4.90 Å². The van der Waals surface area contributed by atoms with Gasteiger partial charge in [0, 0.05) is 31.1 Å². The summed E-state index contributed by atoms with van der Waals surface area (Å²) in [5.41, 5.74) is 0.814. The number of ether oxygens (including phenoxy) is 2. The molecular weight excluding hydrogens is 330 g/mol. The zero-order valence-electron chi connectivity index (χ0n) is 13.8. The van der Waals surface area contributed by atoms with Gasteiger partial charge in [0.15, 0.2) is 5.78 Å². The molecule has 1 aliphatic heterocycles. The minimum absolute atomic E-state index is 0.0763. The zero-order valence-corrected chi connectivity index (χ0v) is 14.6. The topological polar surface area (TPSA) is 55.8 Å². The van der Waals surface area contributed by atoms with Gasteiger partial charge >= 0.3 is 5.97 Å². The zero-order chi connectivity index (χ0) is 17.4. The fourth-order valence-electron chi connectivity index (χ4n) is 2.41. The lowest BCUT2D eigenvalue weighted by Gasteiger charge is -2.26. The predicted molar refractivity (Wildman–Crippen MR) is 92.9 cm³/mol. The maximum Gasteiger partial charge on any atom is 0.341 e. The molecule has 0 aliphatic carbocycles. The highest BCUT2D eigenvalue weighted by atomic mass is 35.5. The average Bonchev–Trinajstić information content (AvgIpc) is 2.60. The van der Waals surface area contributed by atoms with Gasteiger partial charge in [-0.15, -0.1) is 0 Å². The molecule has 0 unspecified atom stereocenters. The van der Waals surface area contributed by atoms with Crippen LogP contribution in [0.2, 0.25) is 5.02 Å². The minimum atomic E-state index is -0.584. The van der Waals surface area contributed by atoms with Crippen molar-refractivity contribution in [2.75, 3.05) is 39.5 Å². The SMILES string of the molecule is CCOC(=O)/C(=C\c1ccc(Cl)cc1)C(=O)CCN1CCOCC1. The highest BCUT2D eigenvalue weighted by Crippen LogP contribution is 2.15. The van der Waals surface area contributed by atoms with Gasteiger partial charge in [-0.05, 0) is 30.7 Å². The van der Waals surface area contributed by atoms with Crippen LogP contribution in [-0.4, -0.2) is 56.1 Å². The number of esters is 1. The molecule has 5 nitrogen and oxygen atoms in total. The van der Waals surface area contributed by atoms with Crippen LogP contribution >= 0.6 is 11.6 Å². The van der Waals surface area contributed by atoms with Crippen molar-refractivity contribution in [3.63, 3.8) is 0 Å². The molecule has 0 spiro atoms. The van der Waals surface area contributed by atoms with Crippen molar-refractivity contribution < 1.29 is 19.1 Å². The van der Waals surface area contributed by atoms with Gasteiger partial charge in [0.1, 0.15) is 5.57 Å². The maximum absolute atomic E-state index is 12.5. The van der Waals surface area contributed by atoms with Crippen molar-refractivity contribution in [1.29, 1.82) is 0 Å². The number of halogens is 1. The van der Waals surface area contributed by atoms with Gasteiger partial charge in [-0.3, -0.25) is 9.69 Å². The van der Waals surface area contributed by atoms with Crippen molar-refractivity contribution in [2.45, 2.75) is 13.3 Å². The molecule has 1 heterocycles. The standard InChI is InChI=1S/C18H22ClNO4/c1-2-24-18(22)16(13-14-3-5-15(19)6-4-14)17(21)7-8-20-9-11-23-12-10-20/h3-6,13H,2,7-12H2,1H3/b16-13-. The van der Waals surface area contributed by atoms with Crippen molar-refractivity contribution in [2.24, 2.45) is 0 Å². The summed E-state index contributed by atoms with van der Waals surface area (Å²) in [6.07, 6.45) is 1.84. The van der Waals surface area contributed by atoms with Gasteiger partial charge in [-0.1, -0.05) is 23.7 Å². The summed E-state index contributed by atoms with van der Waals surface area (Å²) in [5.74, 6) is -0.797. The third-order valence-electron chi connectivity index (χ3n) is 3.74. The number of benzene rings is 1. The van der Waals surface area contributed by atoms with Crippen molar-refractivity contribution >= 4 is 29.4 Å². The Kier molecular flexibility index (Phi) is 7.43. The molecule has 24 heavy (non-hydrogen) atoms. The summed E-state index contributed by atoms with van der Waals surface area (Å²) in [6.45, 7) is 5.54. The van der Waals surface area contributed by atoms with Crippen LogP contribution < -0.4 is 0 Å². The predicted octanol–water partition coefficient (Wildman–Crippen LogP) is 2.58. The quantitative estimate of drug-likeness (QED) is 0.327. The van der Waals surface area contributed by atoms with Crippen LogP contribution in [-0.2, 0) is 19.1 Å². The first-order chi connectivity index (χ1) is 11.6. The number of Topliss-reactive ketones (excluding diaryl/α,β-unsaturated/α-hetero) is 1. The third-order valence-corrected chi connectivity index (χ3v) is 3.99. The summed E-state index contributed by atoms with van der Waals surface area (Å²) < 4.78 is 10.3. The normalized spacial score (nSPS) is 16.0. The maximum atomic E-state index is 12.5. The first-order valence-electron chi connectivity index (χ1n) is 8.08. The summed E-state index contributed by atoms with van der Waals surface area (Å²) in [7, 11) is 0. The lowest BCUT2D eigenvalue weighted by atomic mass is 10.0. The number of hydrogen-bond donors (Lipinski definition) is 0. The van der Waals surface area contributed by atoms with Gasteiger partial charge in [-0.25, -0.2) is 4.79 Å². The van der Waals surface area contributed by atoms with Gasteiger partial charge in [0.25, 0.3) is 0 Å². The molecule has 1 aliphatic rings. The van der Waals surface area contributed by atoms with Crippen LogP contribution in [0, 0.1) is 0 Å². The van der Waals surface area contributed by atoms with E-state index in [9.17, 15) is 9.59 Å². The summed E-state index contributed by atoms with van der Waals surface area (Å²) in [6, 6.07) is 6.95. The van der Waals surface area contributed by atoms with Crippen LogP contribution in [0.4, 0.5) is 0 Å². The Labute approximate surface area is 147 Å². The molecule has 0 saturated carbocycles. The molecular formula is C18H22ClNO4. The van der Waals surface area contributed by atoms with Crippen LogP contribution in [0.15, 0.2) is 29.8 Å². The van der Waals surface area contributed by atoms with E-state index in [1.54, 1.807) is 37.3 Å². The van der Waals surface area contributed by atoms with Gasteiger partial charge in [-0.2, -0.15) is 0 Å². The summed E-state index contributed by atoms with van der Waals surface area (Å²) in [5, 5.41) is 0.600. The second-order valence-electron chi connectivity index (χ2n) is 5.46. The van der Waals surface area contributed by atoms with E-state index >= 15 is 0 Å². The van der Waals surface area contributed by atoms with Crippen molar-refractivity contribution in [3.8, 4) is 0 Å². The van der Waals surface area contributed by atoms with Crippen LogP contribution in [0.1, 0.15) is 18.9 Å². The van der Waals surface area contributed by atoms with E-state index in [2.05, 4.69) is 4.90 Å². The first-order valence-corrected chi connectivity index (χ1v) is 8.45. The summed E-state index contributed by atoms with van der Waals surface area (Å²) >= 11 is 5.86. The van der Waals surface area contributed by atoms with E-state index in [1.165, 1.54) is 0 Å². The van der Waals surface area contributed by atoms with Gasteiger partial charge in [0.05, 0.1) is 19.8 Å². The number of rotatable bonds is 7. The molecule has 0 aromatic heterocycles. The van der Waals surface area contributed by atoms with Gasteiger partial charge in [0.2, 0.25) is 0 Å². The van der Waals surface area contributed by atoms with Crippen LogP contribution in [0.5, 0.6) is 0 Å². The van der Waals surface area contributed by atoms with E-state index in [-0.39, 0.29) is 24.4 Å². The van der Waals surface area contributed by atoms with E-state index in [0.29, 0.717) is 24.8 Å². The molecule has 1 aromatic rings. The molecule has 1 fully saturated rings. The Morgan fingerprint density at radius 2 is 1.92 bits per heavy atom. The second-order valence-corrected chi connectivity index (χ2v) is 5.89. The van der Waals surface area contributed by atoms with Gasteiger partial charge < -0.3 is 9.47 Å². The first kappa shape index (κ1) is 18.6. The Morgan fingerprint density at radius 3 is 2.54 bits per heavy atom. The lowest BCUT2D eigenvalue weighted by Crippen LogP contribution is -2.37. The van der Waals surface area contributed by atoms with E-state index in [4.69, 9.17) is 21.1 Å². The number of hydrogen-bond acceptors (Lipinski definition) is 5. The molecule has 6 heteroatoms. The number of morpholine rings is 1. The smallest absolute Gasteiger partial charge is 0.341 e. The lowest BCUT2D eigenvalue weighted by molar-refractivity contribution is -0.139. The van der Waals surface area contributed by atoms with E-state index in [0.717, 1.165) is 18.7 Å². The van der Waals surface area contributed by atoms with Crippen molar-refractivity contribution in [3.05, 3.63) is 40.4 Å². The summed E-state index contributed by atoms with van der Waals surface area (Å²) in [4.78, 5) is 26.8. The molecule has 0 bridgehead atoms. The Balaban J connectivity index is 2.07. The monoisotopic (exact) mass is 351 g/mol. The Hall–Kier alpha value is -1.69. The number of carbonyl (C=O) groups is 2. The fraction of sp³-hybridized carbons (Fsp3) is 0.444. The average molecular weight is 352 g/mol. The highest BCUT2D eigenvalue weighted by Gasteiger charge is 2.21. The number of nitrogens with zero attached hydrogens (tertiary/aromatic N) is 1. The second kappa shape index (κ2) is 9.57. The Morgan fingerprint density at radius 1 is 1.25 bits per heavy atom. The number of ketones is 1. The largest absolute Gasteiger partial charge is 0.462 e. The molecule has 0 N–H and O–H groups in total. The highest BCUT2D eigenvalue weighted by molar-refractivity contribution is 6.30. The van der Waals surface area contributed by atoms with Crippen LogP contribution in [0.25, 0.3) is 6.08 Å². The van der Waals surface area contributed by atoms with Crippen LogP contribution in [0.3, 0.4) is 0 Å². The minimum Gasteiger partial charge on any atom is -0.462 e. The molecule has 1 saturated heterocycles. The molecule has 0 amide bonds. The molecule has 0 atom stereocenters. The molecule has 130 valence electrons. The molecule has 1 aromatic carbocycles. The molecule has 2 rings (SSSR count). The van der Waals surface area contributed by atoms with E-state index < -0.39 is 5.97 Å². The molecule has 0 radical (unpaired) electrons. The third kappa shape index (κ3) is 5.74. The number of carbonyl (C=O) groups excluding carboxylic acids is 2.